The molecular weight excluding hydrogens is 216 g/mol. The summed E-state index contributed by atoms with van der Waals surface area (Å²) < 4.78 is 0. The first-order chi connectivity index (χ1) is 8.06. The van der Waals surface area contributed by atoms with Crippen LogP contribution in [0, 0.1) is 0 Å². The van der Waals surface area contributed by atoms with Crippen molar-refractivity contribution >= 4 is 28.6 Å². The molecule has 2 aromatic rings. The van der Waals surface area contributed by atoms with Crippen LogP contribution in [0.3, 0.4) is 0 Å². The maximum atomic E-state index is 10.9. The summed E-state index contributed by atoms with van der Waals surface area (Å²) in [6.45, 7) is 1.45. The Bertz CT molecular complexity index is 565. The average molecular weight is 230 g/mol. The third-order valence-electron chi connectivity index (χ3n) is 2.30. The SMILES string of the molecule is CC(=O)Nc1ccc2ccc(N(C)C)nc2n1. The van der Waals surface area contributed by atoms with Crippen molar-refractivity contribution in [3.05, 3.63) is 24.3 Å². The van der Waals surface area contributed by atoms with E-state index in [1.54, 1.807) is 6.07 Å². The lowest BCUT2D eigenvalue weighted by Gasteiger charge is -2.11. The molecule has 2 aromatic heterocycles. The Hall–Kier alpha value is -2.17. The predicted octanol–water partition coefficient (Wildman–Crippen LogP) is 1.65. The standard InChI is InChI=1S/C12H14N4O/c1-8(17)13-10-6-4-9-5-7-11(16(2)3)15-12(9)14-10/h4-7H,1-3H3,(H,13,14,15,17). The predicted molar refractivity (Wildman–Crippen MR) is 68.2 cm³/mol. The summed E-state index contributed by atoms with van der Waals surface area (Å²) in [7, 11) is 3.84. The molecule has 0 aliphatic rings. The van der Waals surface area contributed by atoms with Crippen molar-refractivity contribution in [2.75, 3.05) is 24.3 Å². The maximum absolute atomic E-state index is 10.9. The summed E-state index contributed by atoms with van der Waals surface area (Å²) in [5.41, 5.74) is 0.627. The van der Waals surface area contributed by atoms with Gasteiger partial charge in [0.2, 0.25) is 5.91 Å². The molecule has 2 rings (SSSR count). The highest BCUT2D eigenvalue weighted by molar-refractivity contribution is 5.89. The van der Waals surface area contributed by atoms with Crippen LogP contribution in [0.2, 0.25) is 0 Å². The second kappa shape index (κ2) is 4.37. The molecule has 5 nitrogen and oxygen atoms in total. The maximum Gasteiger partial charge on any atom is 0.222 e. The Morgan fingerprint density at radius 1 is 1.18 bits per heavy atom. The zero-order valence-corrected chi connectivity index (χ0v) is 10.1. The number of nitrogens with one attached hydrogen (secondary N) is 1. The summed E-state index contributed by atoms with van der Waals surface area (Å²) in [6, 6.07) is 7.55. The second-order valence-electron chi connectivity index (χ2n) is 3.99. The number of anilines is 2. The van der Waals surface area contributed by atoms with Gasteiger partial charge in [0.25, 0.3) is 0 Å². The number of carbonyl (C=O) groups excluding carboxylic acids is 1. The zero-order chi connectivity index (χ0) is 12.4. The van der Waals surface area contributed by atoms with Gasteiger partial charge in [0.1, 0.15) is 11.6 Å². The van der Waals surface area contributed by atoms with Gasteiger partial charge in [-0.1, -0.05) is 0 Å². The number of hydrogen-bond donors (Lipinski definition) is 1. The third-order valence-corrected chi connectivity index (χ3v) is 2.30. The van der Waals surface area contributed by atoms with Gasteiger partial charge in [0.15, 0.2) is 5.65 Å². The Labute approximate surface area is 99.5 Å². The van der Waals surface area contributed by atoms with E-state index in [1.165, 1.54) is 6.92 Å². The molecule has 0 aliphatic carbocycles. The van der Waals surface area contributed by atoms with Gasteiger partial charge in [-0.05, 0) is 24.3 Å². The van der Waals surface area contributed by atoms with Crippen LogP contribution < -0.4 is 10.2 Å². The molecule has 5 heteroatoms. The minimum atomic E-state index is -0.138. The number of pyridine rings is 2. The van der Waals surface area contributed by atoms with E-state index in [9.17, 15) is 4.79 Å². The van der Waals surface area contributed by atoms with Gasteiger partial charge in [-0.25, -0.2) is 9.97 Å². The van der Waals surface area contributed by atoms with Crippen LogP contribution in [0.4, 0.5) is 11.6 Å². The molecule has 0 saturated heterocycles. The van der Waals surface area contributed by atoms with E-state index >= 15 is 0 Å². The minimum Gasteiger partial charge on any atom is -0.363 e. The van der Waals surface area contributed by atoms with Crippen LogP contribution in [-0.2, 0) is 4.79 Å². The third kappa shape index (κ3) is 2.50. The number of hydrogen-bond acceptors (Lipinski definition) is 4. The van der Waals surface area contributed by atoms with Crippen LogP contribution in [0.15, 0.2) is 24.3 Å². The largest absolute Gasteiger partial charge is 0.363 e. The average Bonchev–Trinajstić information content (AvgIpc) is 2.27. The summed E-state index contributed by atoms with van der Waals surface area (Å²) in [6.07, 6.45) is 0. The summed E-state index contributed by atoms with van der Waals surface area (Å²) in [5, 5.41) is 3.59. The normalized spacial score (nSPS) is 10.3. The van der Waals surface area contributed by atoms with E-state index in [0.29, 0.717) is 11.5 Å². The first kappa shape index (κ1) is 11.3. The molecule has 1 amide bonds. The van der Waals surface area contributed by atoms with Crippen molar-refractivity contribution in [3.8, 4) is 0 Å². The van der Waals surface area contributed by atoms with Crippen molar-refractivity contribution < 1.29 is 4.79 Å². The quantitative estimate of drug-likeness (QED) is 0.852. The number of fused-ring (bicyclic) bond motifs is 1. The van der Waals surface area contributed by atoms with Crippen molar-refractivity contribution in [2.24, 2.45) is 0 Å². The van der Waals surface area contributed by atoms with E-state index in [0.717, 1.165) is 11.2 Å². The molecule has 0 radical (unpaired) electrons. The molecular formula is C12H14N4O. The van der Waals surface area contributed by atoms with Gasteiger partial charge in [0, 0.05) is 26.4 Å². The molecule has 88 valence electrons. The fourth-order valence-corrected chi connectivity index (χ4v) is 1.49. The smallest absolute Gasteiger partial charge is 0.222 e. The van der Waals surface area contributed by atoms with E-state index < -0.39 is 0 Å². The van der Waals surface area contributed by atoms with Crippen molar-refractivity contribution in [1.82, 2.24) is 9.97 Å². The number of rotatable bonds is 2. The Kier molecular flexibility index (Phi) is 2.91. The van der Waals surface area contributed by atoms with Crippen LogP contribution in [0.5, 0.6) is 0 Å². The molecule has 0 fully saturated rings. The topological polar surface area (TPSA) is 58.1 Å². The monoisotopic (exact) mass is 230 g/mol. The molecule has 0 bridgehead atoms. The number of nitrogens with zero attached hydrogens (tertiary/aromatic N) is 3. The first-order valence-electron chi connectivity index (χ1n) is 5.29. The van der Waals surface area contributed by atoms with Crippen LogP contribution in [0.25, 0.3) is 11.0 Å². The van der Waals surface area contributed by atoms with Crippen LogP contribution in [-0.4, -0.2) is 30.0 Å². The van der Waals surface area contributed by atoms with Gasteiger partial charge >= 0.3 is 0 Å². The van der Waals surface area contributed by atoms with E-state index in [2.05, 4.69) is 15.3 Å². The highest BCUT2D eigenvalue weighted by Crippen LogP contribution is 2.17. The fourth-order valence-electron chi connectivity index (χ4n) is 1.49. The molecule has 0 aromatic carbocycles. The number of carbonyl (C=O) groups is 1. The van der Waals surface area contributed by atoms with E-state index in [-0.39, 0.29) is 5.91 Å². The van der Waals surface area contributed by atoms with Gasteiger partial charge < -0.3 is 10.2 Å². The van der Waals surface area contributed by atoms with Crippen molar-refractivity contribution in [3.63, 3.8) is 0 Å². The number of aromatic nitrogens is 2. The lowest BCUT2D eigenvalue weighted by Crippen LogP contribution is -2.11. The molecule has 2 heterocycles. The lowest BCUT2D eigenvalue weighted by molar-refractivity contribution is -0.114. The summed E-state index contributed by atoms with van der Waals surface area (Å²) in [5.74, 6) is 1.22. The molecule has 0 spiro atoms. The Morgan fingerprint density at radius 3 is 2.53 bits per heavy atom. The first-order valence-corrected chi connectivity index (χ1v) is 5.29. The van der Waals surface area contributed by atoms with Gasteiger partial charge in [0.05, 0.1) is 0 Å². The van der Waals surface area contributed by atoms with Gasteiger partial charge in [-0.2, -0.15) is 0 Å². The van der Waals surface area contributed by atoms with Crippen molar-refractivity contribution in [2.45, 2.75) is 6.92 Å². The van der Waals surface area contributed by atoms with Gasteiger partial charge in [-0.15, -0.1) is 0 Å². The van der Waals surface area contributed by atoms with Gasteiger partial charge in [-0.3, -0.25) is 4.79 Å². The second-order valence-corrected chi connectivity index (χ2v) is 3.99. The Balaban J connectivity index is 2.46. The number of amides is 1. The highest BCUT2D eigenvalue weighted by Gasteiger charge is 2.03. The van der Waals surface area contributed by atoms with Crippen LogP contribution in [0.1, 0.15) is 6.92 Å². The summed E-state index contributed by atoms with van der Waals surface area (Å²) >= 11 is 0. The summed E-state index contributed by atoms with van der Waals surface area (Å²) in [4.78, 5) is 21.5. The van der Waals surface area contributed by atoms with E-state index in [4.69, 9.17) is 0 Å². The molecule has 0 unspecified atom stereocenters. The fraction of sp³-hybridized carbons (Fsp3) is 0.250. The molecule has 0 aliphatic heterocycles. The van der Waals surface area contributed by atoms with Crippen LogP contribution >= 0.6 is 0 Å². The highest BCUT2D eigenvalue weighted by atomic mass is 16.1. The molecule has 17 heavy (non-hydrogen) atoms. The molecule has 0 atom stereocenters. The lowest BCUT2D eigenvalue weighted by atomic mass is 10.3. The van der Waals surface area contributed by atoms with E-state index in [1.807, 2.05) is 37.2 Å². The van der Waals surface area contributed by atoms with Crippen molar-refractivity contribution in [1.29, 1.82) is 0 Å². The molecule has 0 saturated carbocycles. The molecule has 1 N–H and O–H groups in total. The Morgan fingerprint density at radius 2 is 1.88 bits per heavy atom. The zero-order valence-electron chi connectivity index (χ0n) is 10.1. The minimum absolute atomic E-state index is 0.138.